The summed E-state index contributed by atoms with van der Waals surface area (Å²) in [5, 5.41) is 8.12. The van der Waals surface area contributed by atoms with E-state index in [9.17, 15) is 14.0 Å². The third-order valence-corrected chi connectivity index (χ3v) is 2.92. The Labute approximate surface area is 110 Å². The molecule has 2 rings (SSSR count). The predicted octanol–water partition coefficient (Wildman–Crippen LogP) is 1.47. The van der Waals surface area contributed by atoms with Crippen LogP contribution in [0.3, 0.4) is 0 Å². The van der Waals surface area contributed by atoms with Crippen LogP contribution in [0.15, 0.2) is 18.2 Å². The minimum atomic E-state index is -0.527. The molecule has 0 unspecified atom stereocenters. The maximum atomic E-state index is 13.6. The minimum Gasteiger partial charge on any atom is -0.326 e. The maximum Gasteiger partial charge on any atom is 0.241 e. The Kier molecular flexibility index (Phi) is 4.11. The van der Waals surface area contributed by atoms with Crippen molar-refractivity contribution in [2.45, 2.75) is 25.8 Å². The minimum absolute atomic E-state index is 0.0740. The van der Waals surface area contributed by atoms with E-state index in [0.717, 1.165) is 19.4 Å². The highest BCUT2D eigenvalue weighted by Crippen LogP contribution is 2.20. The molecule has 1 atom stereocenters. The van der Waals surface area contributed by atoms with Crippen molar-refractivity contribution in [2.75, 3.05) is 17.2 Å². The molecule has 1 fully saturated rings. The quantitative estimate of drug-likeness (QED) is 0.775. The molecule has 5 nitrogen and oxygen atoms in total. The van der Waals surface area contributed by atoms with Gasteiger partial charge >= 0.3 is 0 Å². The maximum absolute atomic E-state index is 13.6. The van der Waals surface area contributed by atoms with Crippen LogP contribution in [0.1, 0.15) is 19.8 Å². The summed E-state index contributed by atoms with van der Waals surface area (Å²) in [5.41, 5.74) is 0.522. The van der Waals surface area contributed by atoms with Crippen molar-refractivity contribution in [1.82, 2.24) is 5.32 Å². The summed E-state index contributed by atoms with van der Waals surface area (Å²) in [7, 11) is 0. The number of amides is 2. The third kappa shape index (κ3) is 3.51. The largest absolute Gasteiger partial charge is 0.326 e. The Bertz CT molecular complexity index is 499. The van der Waals surface area contributed by atoms with E-state index >= 15 is 0 Å². The summed E-state index contributed by atoms with van der Waals surface area (Å²) < 4.78 is 13.6. The molecule has 1 aromatic carbocycles. The van der Waals surface area contributed by atoms with Crippen molar-refractivity contribution in [3.05, 3.63) is 24.0 Å². The smallest absolute Gasteiger partial charge is 0.241 e. The number of benzene rings is 1. The molecule has 0 radical (unpaired) electrons. The number of rotatable bonds is 3. The molecule has 1 saturated heterocycles. The molecular formula is C13H16FN3O2. The number of carbonyl (C=O) groups excluding carboxylic acids is 2. The lowest BCUT2D eigenvalue weighted by molar-refractivity contribution is -0.118. The van der Waals surface area contributed by atoms with Gasteiger partial charge in [-0.05, 0) is 37.6 Å². The average Bonchev–Trinajstić information content (AvgIpc) is 2.86. The summed E-state index contributed by atoms with van der Waals surface area (Å²) >= 11 is 0. The van der Waals surface area contributed by atoms with Crippen LogP contribution in [0.25, 0.3) is 0 Å². The second-order valence-corrected chi connectivity index (χ2v) is 4.51. The van der Waals surface area contributed by atoms with Gasteiger partial charge in [-0.3, -0.25) is 9.59 Å². The molecule has 6 heteroatoms. The van der Waals surface area contributed by atoms with Gasteiger partial charge in [0.2, 0.25) is 11.8 Å². The van der Waals surface area contributed by atoms with Crippen molar-refractivity contribution in [2.24, 2.45) is 0 Å². The highest BCUT2D eigenvalue weighted by molar-refractivity contribution is 5.96. The summed E-state index contributed by atoms with van der Waals surface area (Å²) in [4.78, 5) is 22.8. The normalized spacial score (nSPS) is 18.1. The summed E-state index contributed by atoms with van der Waals surface area (Å²) in [5.74, 6) is -1.03. The van der Waals surface area contributed by atoms with Gasteiger partial charge < -0.3 is 16.0 Å². The Hall–Kier alpha value is -1.95. The molecular weight excluding hydrogens is 249 g/mol. The molecule has 0 aromatic heterocycles. The van der Waals surface area contributed by atoms with E-state index in [1.54, 1.807) is 0 Å². The lowest BCUT2D eigenvalue weighted by Gasteiger charge is -2.12. The van der Waals surface area contributed by atoms with Gasteiger partial charge in [0.15, 0.2) is 0 Å². The number of nitrogens with one attached hydrogen (secondary N) is 3. The van der Waals surface area contributed by atoms with Crippen molar-refractivity contribution in [3.8, 4) is 0 Å². The van der Waals surface area contributed by atoms with E-state index in [1.165, 1.54) is 25.1 Å². The van der Waals surface area contributed by atoms with Crippen LogP contribution in [0.2, 0.25) is 0 Å². The Morgan fingerprint density at radius 2 is 2.16 bits per heavy atom. The van der Waals surface area contributed by atoms with Gasteiger partial charge in [0.25, 0.3) is 0 Å². The number of halogens is 1. The molecule has 2 amide bonds. The van der Waals surface area contributed by atoms with E-state index in [1.807, 2.05) is 0 Å². The molecule has 0 bridgehead atoms. The molecule has 1 heterocycles. The first-order valence-electron chi connectivity index (χ1n) is 6.17. The van der Waals surface area contributed by atoms with Crippen molar-refractivity contribution in [3.63, 3.8) is 0 Å². The fourth-order valence-electron chi connectivity index (χ4n) is 2.03. The predicted molar refractivity (Wildman–Crippen MR) is 70.4 cm³/mol. The zero-order valence-corrected chi connectivity index (χ0v) is 10.6. The van der Waals surface area contributed by atoms with Gasteiger partial charge in [-0.1, -0.05) is 0 Å². The molecule has 1 aromatic rings. The Balaban J connectivity index is 2.09. The zero-order valence-electron chi connectivity index (χ0n) is 10.6. The fourth-order valence-corrected chi connectivity index (χ4v) is 2.03. The van der Waals surface area contributed by atoms with E-state index in [0.29, 0.717) is 5.69 Å². The molecule has 0 aliphatic carbocycles. The SMILES string of the molecule is CC(=O)Nc1ccc(F)c(NC(=O)[C@H]2CCCN2)c1. The first-order chi connectivity index (χ1) is 9.06. The highest BCUT2D eigenvalue weighted by atomic mass is 19.1. The molecule has 0 saturated carbocycles. The van der Waals surface area contributed by atoms with Crippen molar-refractivity contribution >= 4 is 23.2 Å². The van der Waals surface area contributed by atoms with Gasteiger partial charge in [0.05, 0.1) is 11.7 Å². The van der Waals surface area contributed by atoms with Crippen LogP contribution < -0.4 is 16.0 Å². The Morgan fingerprint density at radius 1 is 1.37 bits per heavy atom. The number of hydrogen-bond donors (Lipinski definition) is 3. The Morgan fingerprint density at radius 3 is 2.79 bits per heavy atom. The second-order valence-electron chi connectivity index (χ2n) is 4.51. The van der Waals surface area contributed by atoms with Gasteiger partial charge in [-0.15, -0.1) is 0 Å². The van der Waals surface area contributed by atoms with Crippen LogP contribution in [0, 0.1) is 5.82 Å². The highest BCUT2D eigenvalue weighted by Gasteiger charge is 2.22. The molecule has 3 N–H and O–H groups in total. The van der Waals surface area contributed by atoms with Crippen LogP contribution in [0.5, 0.6) is 0 Å². The lowest BCUT2D eigenvalue weighted by atomic mass is 10.2. The third-order valence-electron chi connectivity index (χ3n) is 2.92. The summed E-state index contributed by atoms with van der Waals surface area (Å²) in [6.45, 7) is 2.16. The number of hydrogen-bond acceptors (Lipinski definition) is 3. The van der Waals surface area contributed by atoms with Crippen LogP contribution in [-0.2, 0) is 9.59 Å². The molecule has 0 spiro atoms. The average molecular weight is 265 g/mol. The van der Waals surface area contributed by atoms with Gasteiger partial charge in [0.1, 0.15) is 5.82 Å². The zero-order chi connectivity index (χ0) is 13.8. The fraction of sp³-hybridized carbons (Fsp3) is 0.385. The summed E-state index contributed by atoms with van der Waals surface area (Å²) in [6, 6.07) is 3.79. The topological polar surface area (TPSA) is 70.2 Å². The van der Waals surface area contributed by atoms with Crippen LogP contribution >= 0.6 is 0 Å². The van der Waals surface area contributed by atoms with Crippen LogP contribution in [-0.4, -0.2) is 24.4 Å². The first kappa shape index (κ1) is 13.5. The van der Waals surface area contributed by atoms with E-state index in [2.05, 4.69) is 16.0 Å². The van der Waals surface area contributed by atoms with E-state index in [-0.39, 0.29) is 23.5 Å². The van der Waals surface area contributed by atoms with Crippen molar-refractivity contribution < 1.29 is 14.0 Å². The lowest BCUT2D eigenvalue weighted by Crippen LogP contribution is -2.35. The van der Waals surface area contributed by atoms with Gasteiger partial charge in [-0.25, -0.2) is 4.39 Å². The summed E-state index contributed by atoms with van der Waals surface area (Å²) in [6.07, 6.45) is 1.69. The second kappa shape index (κ2) is 5.79. The van der Waals surface area contributed by atoms with Gasteiger partial charge in [-0.2, -0.15) is 0 Å². The molecule has 1 aliphatic heterocycles. The monoisotopic (exact) mass is 265 g/mol. The molecule has 1 aliphatic rings. The standard InChI is InChI=1S/C13H16FN3O2/c1-8(18)16-9-4-5-10(14)12(7-9)17-13(19)11-3-2-6-15-11/h4-5,7,11,15H,2-3,6H2,1H3,(H,16,18)(H,17,19)/t11-/m1/s1. The van der Waals surface area contributed by atoms with Crippen molar-refractivity contribution in [1.29, 1.82) is 0 Å². The van der Waals surface area contributed by atoms with Crippen LogP contribution in [0.4, 0.5) is 15.8 Å². The number of carbonyl (C=O) groups is 2. The first-order valence-corrected chi connectivity index (χ1v) is 6.17. The molecule has 102 valence electrons. The number of anilines is 2. The van der Waals surface area contributed by atoms with E-state index < -0.39 is 5.82 Å². The van der Waals surface area contributed by atoms with E-state index in [4.69, 9.17) is 0 Å². The molecule has 19 heavy (non-hydrogen) atoms. The van der Waals surface area contributed by atoms with Gasteiger partial charge in [0, 0.05) is 12.6 Å².